The SMILES string of the molecule is CCOC(=O)[C@@H]1C[C@H](NC(=O)c2ccc3ccccc3c2O)CN1C(=O)C1CCCCC1. The number of amides is 2. The number of hydrogen-bond acceptors (Lipinski definition) is 5. The molecule has 2 aliphatic rings. The number of carbonyl (C=O) groups is 3. The van der Waals surface area contributed by atoms with Gasteiger partial charge in [0.15, 0.2) is 0 Å². The zero-order chi connectivity index (χ0) is 22.7. The van der Waals surface area contributed by atoms with Crippen molar-refractivity contribution in [2.24, 2.45) is 5.92 Å². The summed E-state index contributed by atoms with van der Waals surface area (Å²) in [4.78, 5) is 40.3. The van der Waals surface area contributed by atoms with Gasteiger partial charge in [-0.05, 0) is 31.2 Å². The zero-order valence-corrected chi connectivity index (χ0v) is 18.4. The Morgan fingerprint density at radius 2 is 1.84 bits per heavy atom. The molecule has 2 fully saturated rings. The molecule has 32 heavy (non-hydrogen) atoms. The molecule has 2 aromatic carbocycles. The Morgan fingerprint density at radius 1 is 1.09 bits per heavy atom. The Bertz CT molecular complexity index is 1010. The molecule has 1 aliphatic carbocycles. The van der Waals surface area contributed by atoms with Gasteiger partial charge < -0.3 is 20.1 Å². The fourth-order valence-electron chi connectivity index (χ4n) is 4.93. The van der Waals surface area contributed by atoms with E-state index < -0.39 is 24.0 Å². The second kappa shape index (κ2) is 9.59. The Hall–Kier alpha value is -3.09. The molecule has 0 bridgehead atoms. The van der Waals surface area contributed by atoms with Crippen LogP contribution >= 0.6 is 0 Å². The smallest absolute Gasteiger partial charge is 0.328 e. The Labute approximate surface area is 187 Å². The van der Waals surface area contributed by atoms with Crippen LogP contribution in [-0.4, -0.2) is 53.0 Å². The second-order valence-electron chi connectivity index (χ2n) is 8.68. The first-order valence-corrected chi connectivity index (χ1v) is 11.5. The molecule has 0 spiro atoms. The molecule has 7 nitrogen and oxygen atoms in total. The lowest BCUT2D eigenvalue weighted by Gasteiger charge is -2.29. The third-order valence-corrected chi connectivity index (χ3v) is 6.58. The summed E-state index contributed by atoms with van der Waals surface area (Å²) in [7, 11) is 0. The molecular weight excluding hydrogens is 408 g/mol. The minimum absolute atomic E-state index is 0.0203. The molecule has 2 atom stereocenters. The summed E-state index contributed by atoms with van der Waals surface area (Å²) in [5.74, 6) is -1.02. The highest BCUT2D eigenvalue weighted by Crippen LogP contribution is 2.31. The van der Waals surface area contributed by atoms with E-state index in [1.165, 1.54) is 0 Å². The maximum Gasteiger partial charge on any atom is 0.328 e. The summed E-state index contributed by atoms with van der Waals surface area (Å²) in [5.41, 5.74) is 0.174. The van der Waals surface area contributed by atoms with Gasteiger partial charge in [0.05, 0.1) is 12.2 Å². The van der Waals surface area contributed by atoms with E-state index in [2.05, 4.69) is 5.32 Å². The number of benzene rings is 2. The molecule has 1 heterocycles. The minimum atomic E-state index is -0.695. The highest BCUT2D eigenvalue weighted by Gasteiger charge is 2.43. The van der Waals surface area contributed by atoms with Gasteiger partial charge in [-0.15, -0.1) is 0 Å². The van der Waals surface area contributed by atoms with Gasteiger partial charge in [-0.25, -0.2) is 4.79 Å². The number of rotatable bonds is 5. The third-order valence-electron chi connectivity index (χ3n) is 6.58. The van der Waals surface area contributed by atoms with Crippen LogP contribution in [0.5, 0.6) is 5.75 Å². The summed E-state index contributed by atoms with van der Waals surface area (Å²) >= 11 is 0. The number of fused-ring (bicyclic) bond motifs is 1. The van der Waals surface area contributed by atoms with E-state index in [9.17, 15) is 19.5 Å². The van der Waals surface area contributed by atoms with Crippen LogP contribution in [0.4, 0.5) is 0 Å². The Balaban J connectivity index is 1.51. The lowest BCUT2D eigenvalue weighted by Crippen LogP contribution is -2.45. The number of carbonyl (C=O) groups excluding carboxylic acids is 3. The van der Waals surface area contributed by atoms with Gasteiger partial charge in [0.25, 0.3) is 5.91 Å². The quantitative estimate of drug-likeness (QED) is 0.698. The number of hydrogen-bond donors (Lipinski definition) is 2. The minimum Gasteiger partial charge on any atom is -0.506 e. The largest absolute Gasteiger partial charge is 0.506 e. The molecule has 2 amide bonds. The molecule has 0 radical (unpaired) electrons. The summed E-state index contributed by atoms with van der Waals surface area (Å²) in [5, 5.41) is 15.0. The number of phenolic OH excluding ortho intramolecular Hbond substituents is 1. The molecule has 2 N–H and O–H groups in total. The first-order valence-electron chi connectivity index (χ1n) is 11.5. The van der Waals surface area contributed by atoms with Crippen LogP contribution in [0.15, 0.2) is 36.4 Å². The maximum atomic E-state index is 13.2. The van der Waals surface area contributed by atoms with Crippen LogP contribution in [0.1, 0.15) is 55.8 Å². The van der Waals surface area contributed by atoms with Crippen LogP contribution in [0.2, 0.25) is 0 Å². The van der Waals surface area contributed by atoms with Crippen LogP contribution < -0.4 is 5.32 Å². The molecule has 4 rings (SSSR count). The number of nitrogens with zero attached hydrogens (tertiary/aromatic N) is 1. The van der Waals surface area contributed by atoms with Crippen molar-refractivity contribution in [1.29, 1.82) is 0 Å². The van der Waals surface area contributed by atoms with Gasteiger partial charge in [0.2, 0.25) is 5.91 Å². The monoisotopic (exact) mass is 438 g/mol. The second-order valence-corrected chi connectivity index (χ2v) is 8.68. The summed E-state index contributed by atoms with van der Waals surface area (Å²) < 4.78 is 5.21. The molecule has 1 saturated heterocycles. The highest BCUT2D eigenvalue weighted by atomic mass is 16.5. The summed E-state index contributed by atoms with van der Waals surface area (Å²) in [6, 6.07) is 9.60. The normalized spacial score (nSPS) is 21.5. The number of ether oxygens (including phenoxy) is 1. The van der Waals surface area contributed by atoms with Crippen LogP contribution in [-0.2, 0) is 14.3 Å². The van der Waals surface area contributed by atoms with Gasteiger partial charge in [-0.3, -0.25) is 9.59 Å². The predicted molar refractivity (Wildman–Crippen MR) is 120 cm³/mol. The van der Waals surface area contributed by atoms with Crippen molar-refractivity contribution in [3.8, 4) is 5.75 Å². The molecule has 0 aromatic heterocycles. The number of aromatic hydroxyl groups is 1. The highest BCUT2D eigenvalue weighted by molar-refractivity contribution is 6.03. The van der Waals surface area contributed by atoms with Gasteiger partial charge in [0, 0.05) is 30.3 Å². The number of likely N-dealkylation sites (tertiary alicyclic amines) is 1. The van der Waals surface area contributed by atoms with Gasteiger partial charge in [-0.1, -0.05) is 49.6 Å². The van der Waals surface area contributed by atoms with E-state index in [0.29, 0.717) is 11.8 Å². The van der Waals surface area contributed by atoms with Gasteiger partial charge >= 0.3 is 5.97 Å². The molecule has 170 valence electrons. The average molecular weight is 439 g/mol. The van der Waals surface area contributed by atoms with Crippen molar-refractivity contribution >= 4 is 28.6 Å². The van der Waals surface area contributed by atoms with Crippen molar-refractivity contribution in [2.45, 2.75) is 57.5 Å². The Morgan fingerprint density at radius 3 is 2.59 bits per heavy atom. The lowest BCUT2D eigenvalue weighted by atomic mass is 9.88. The van der Waals surface area contributed by atoms with E-state index in [0.717, 1.165) is 37.5 Å². The zero-order valence-electron chi connectivity index (χ0n) is 18.4. The van der Waals surface area contributed by atoms with Crippen LogP contribution in [0.25, 0.3) is 10.8 Å². The molecule has 7 heteroatoms. The number of nitrogens with one attached hydrogen (secondary N) is 1. The summed E-state index contributed by atoms with van der Waals surface area (Å²) in [6.45, 7) is 2.24. The van der Waals surface area contributed by atoms with E-state index in [4.69, 9.17) is 4.74 Å². The molecular formula is C25H30N2O5. The molecule has 2 aromatic rings. The molecule has 1 aliphatic heterocycles. The standard InChI is InChI=1S/C25H30N2O5/c1-2-32-25(31)21-14-18(15-27(21)24(30)17-9-4-3-5-10-17)26-23(29)20-13-12-16-8-6-7-11-19(16)22(20)28/h6-8,11-13,17-18,21,28H,2-5,9-10,14-15H2,1H3,(H,26,29)/t18-,21-/m0/s1. The van der Waals surface area contributed by atoms with Crippen molar-refractivity contribution in [1.82, 2.24) is 10.2 Å². The molecule has 1 saturated carbocycles. The fraction of sp³-hybridized carbons (Fsp3) is 0.480. The summed E-state index contributed by atoms with van der Waals surface area (Å²) in [6.07, 6.45) is 5.17. The van der Waals surface area contributed by atoms with Crippen molar-refractivity contribution in [2.75, 3.05) is 13.2 Å². The predicted octanol–water partition coefficient (Wildman–Crippen LogP) is 3.39. The molecule has 0 unspecified atom stereocenters. The van der Waals surface area contributed by atoms with Crippen molar-refractivity contribution in [3.05, 3.63) is 42.0 Å². The first kappa shape index (κ1) is 22.1. The van der Waals surface area contributed by atoms with Crippen molar-refractivity contribution in [3.63, 3.8) is 0 Å². The fourth-order valence-corrected chi connectivity index (χ4v) is 4.93. The Kier molecular flexibility index (Phi) is 6.63. The third kappa shape index (κ3) is 4.42. The number of phenols is 1. The van der Waals surface area contributed by atoms with E-state index in [-0.39, 0.29) is 36.3 Å². The van der Waals surface area contributed by atoms with E-state index in [1.807, 2.05) is 12.1 Å². The van der Waals surface area contributed by atoms with Crippen LogP contribution in [0, 0.1) is 5.92 Å². The topological polar surface area (TPSA) is 95.9 Å². The lowest BCUT2D eigenvalue weighted by molar-refractivity contribution is -0.154. The number of esters is 1. The van der Waals surface area contributed by atoms with Crippen molar-refractivity contribution < 1.29 is 24.2 Å². The van der Waals surface area contributed by atoms with E-state index >= 15 is 0 Å². The van der Waals surface area contributed by atoms with Gasteiger partial charge in [0.1, 0.15) is 11.8 Å². The first-order chi connectivity index (χ1) is 15.5. The maximum absolute atomic E-state index is 13.2. The van der Waals surface area contributed by atoms with Crippen LogP contribution in [0.3, 0.4) is 0 Å². The average Bonchev–Trinajstić information content (AvgIpc) is 3.23. The van der Waals surface area contributed by atoms with E-state index in [1.54, 1.807) is 36.1 Å². The van der Waals surface area contributed by atoms with Gasteiger partial charge in [-0.2, -0.15) is 0 Å².